The lowest BCUT2D eigenvalue weighted by Crippen LogP contribution is -2.41. The van der Waals surface area contributed by atoms with Gasteiger partial charge in [0, 0.05) is 32.6 Å². The standard InChI is InChI=1S/C12H23N3O2/c1-2-13-11(16)7-8-14-12(17)15-9-5-3-4-6-10-15/h2-10H2,1H3,(H,13,16)(H,14,17). The third-order valence-corrected chi connectivity index (χ3v) is 2.90. The van der Waals surface area contributed by atoms with E-state index in [9.17, 15) is 9.59 Å². The first-order valence-corrected chi connectivity index (χ1v) is 6.53. The van der Waals surface area contributed by atoms with Gasteiger partial charge in [0.15, 0.2) is 0 Å². The first-order valence-electron chi connectivity index (χ1n) is 6.53. The van der Waals surface area contributed by atoms with Crippen LogP contribution in [0.15, 0.2) is 0 Å². The zero-order valence-corrected chi connectivity index (χ0v) is 10.6. The van der Waals surface area contributed by atoms with Gasteiger partial charge in [-0.3, -0.25) is 4.79 Å². The molecule has 1 heterocycles. The van der Waals surface area contributed by atoms with Crippen molar-refractivity contribution in [3.05, 3.63) is 0 Å². The van der Waals surface area contributed by atoms with E-state index in [-0.39, 0.29) is 11.9 Å². The summed E-state index contributed by atoms with van der Waals surface area (Å²) in [5.41, 5.74) is 0. The Morgan fingerprint density at radius 3 is 2.29 bits per heavy atom. The van der Waals surface area contributed by atoms with Crippen LogP contribution in [0.3, 0.4) is 0 Å². The molecule has 0 spiro atoms. The van der Waals surface area contributed by atoms with Crippen LogP contribution in [0, 0.1) is 0 Å². The number of carbonyl (C=O) groups is 2. The van der Waals surface area contributed by atoms with Crippen LogP contribution in [0.25, 0.3) is 0 Å². The predicted molar refractivity (Wildman–Crippen MR) is 66.7 cm³/mol. The lowest BCUT2D eigenvalue weighted by Gasteiger charge is -2.20. The topological polar surface area (TPSA) is 61.4 Å². The highest BCUT2D eigenvalue weighted by Crippen LogP contribution is 2.09. The molecule has 0 atom stereocenters. The van der Waals surface area contributed by atoms with Crippen molar-refractivity contribution in [1.29, 1.82) is 0 Å². The van der Waals surface area contributed by atoms with Gasteiger partial charge in [0.2, 0.25) is 5.91 Å². The van der Waals surface area contributed by atoms with E-state index in [1.54, 1.807) is 0 Å². The molecule has 0 bridgehead atoms. The largest absolute Gasteiger partial charge is 0.356 e. The highest BCUT2D eigenvalue weighted by Gasteiger charge is 2.14. The molecule has 5 heteroatoms. The Morgan fingerprint density at radius 1 is 1.06 bits per heavy atom. The summed E-state index contributed by atoms with van der Waals surface area (Å²) in [6.07, 6.45) is 4.95. The van der Waals surface area contributed by atoms with Crippen molar-refractivity contribution < 1.29 is 9.59 Å². The van der Waals surface area contributed by atoms with E-state index in [1.165, 1.54) is 12.8 Å². The van der Waals surface area contributed by atoms with E-state index in [4.69, 9.17) is 0 Å². The van der Waals surface area contributed by atoms with E-state index < -0.39 is 0 Å². The Hall–Kier alpha value is -1.26. The van der Waals surface area contributed by atoms with Gasteiger partial charge in [0.05, 0.1) is 0 Å². The molecule has 1 fully saturated rings. The highest BCUT2D eigenvalue weighted by molar-refractivity contribution is 5.78. The van der Waals surface area contributed by atoms with Gasteiger partial charge in [-0.2, -0.15) is 0 Å². The van der Waals surface area contributed by atoms with E-state index in [1.807, 2.05) is 11.8 Å². The van der Waals surface area contributed by atoms with Crippen molar-refractivity contribution in [2.24, 2.45) is 0 Å². The summed E-state index contributed by atoms with van der Waals surface area (Å²) in [5.74, 6) is -0.0105. The van der Waals surface area contributed by atoms with E-state index >= 15 is 0 Å². The molecule has 17 heavy (non-hydrogen) atoms. The number of urea groups is 1. The van der Waals surface area contributed by atoms with Crippen LogP contribution in [0.2, 0.25) is 0 Å². The zero-order valence-electron chi connectivity index (χ0n) is 10.6. The zero-order chi connectivity index (χ0) is 12.5. The van der Waals surface area contributed by atoms with E-state index in [2.05, 4.69) is 10.6 Å². The number of nitrogens with zero attached hydrogens (tertiary/aromatic N) is 1. The van der Waals surface area contributed by atoms with Gasteiger partial charge in [-0.15, -0.1) is 0 Å². The van der Waals surface area contributed by atoms with Crippen molar-refractivity contribution in [3.8, 4) is 0 Å². The van der Waals surface area contributed by atoms with Crippen LogP contribution in [0.1, 0.15) is 39.0 Å². The summed E-state index contributed by atoms with van der Waals surface area (Å²) >= 11 is 0. The third kappa shape index (κ3) is 5.56. The molecule has 3 amide bonds. The Labute approximate surface area is 103 Å². The summed E-state index contributed by atoms with van der Waals surface area (Å²) in [4.78, 5) is 24.8. The second-order valence-electron chi connectivity index (χ2n) is 4.34. The maximum absolute atomic E-state index is 11.8. The predicted octanol–water partition coefficient (Wildman–Crippen LogP) is 1.10. The van der Waals surface area contributed by atoms with Crippen LogP contribution in [-0.2, 0) is 4.79 Å². The van der Waals surface area contributed by atoms with Gasteiger partial charge in [0.1, 0.15) is 0 Å². The quantitative estimate of drug-likeness (QED) is 0.774. The van der Waals surface area contributed by atoms with Gasteiger partial charge in [0.25, 0.3) is 0 Å². The molecule has 1 aliphatic heterocycles. The monoisotopic (exact) mass is 241 g/mol. The second-order valence-corrected chi connectivity index (χ2v) is 4.34. The lowest BCUT2D eigenvalue weighted by molar-refractivity contribution is -0.120. The average molecular weight is 241 g/mol. The Bertz CT molecular complexity index is 248. The molecule has 1 rings (SSSR count). The first kappa shape index (κ1) is 13.8. The average Bonchev–Trinajstić information content (AvgIpc) is 2.57. The normalized spacial score (nSPS) is 16.2. The molecule has 0 unspecified atom stereocenters. The molecule has 0 saturated carbocycles. The SMILES string of the molecule is CCNC(=O)CCNC(=O)N1CCCCCC1. The molecule has 5 nitrogen and oxygen atoms in total. The first-order chi connectivity index (χ1) is 8.24. The Balaban J connectivity index is 2.17. The van der Waals surface area contributed by atoms with Gasteiger partial charge >= 0.3 is 6.03 Å². The fourth-order valence-electron chi connectivity index (χ4n) is 1.95. The van der Waals surface area contributed by atoms with Crippen LogP contribution >= 0.6 is 0 Å². The van der Waals surface area contributed by atoms with Crippen molar-refractivity contribution in [3.63, 3.8) is 0 Å². The molecular weight excluding hydrogens is 218 g/mol. The van der Waals surface area contributed by atoms with E-state index in [0.29, 0.717) is 19.5 Å². The Kier molecular flexibility index (Phi) is 6.43. The lowest BCUT2D eigenvalue weighted by atomic mass is 10.2. The van der Waals surface area contributed by atoms with Gasteiger partial charge in [-0.25, -0.2) is 4.79 Å². The second kappa shape index (κ2) is 7.92. The highest BCUT2D eigenvalue weighted by atomic mass is 16.2. The van der Waals surface area contributed by atoms with Crippen LogP contribution in [-0.4, -0.2) is 43.0 Å². The molecule has 0 aromatic carbocycles. The molecule has 0 aromatic rings. The number of carbonyl (C=O) groups excluding carboxylic acids is 2. The maximum atomic E-state index is 11.8. The molecule has 1 aliphatic rings. The van der Waals surface area contributed by atoms with Crippen LogP contribution < -0.4 is 10.6 Å². The van der Waals surface area contributed by atoms with Crippen LogP contribution in [0.4, 0.5) is 4.79 Å². The number of rotatable bonds is 4. The van der Waals surface area contributed by atoms with Gasteiger partial charge in [-0.05, 0) is 19.8 Å². The molecule has 0 aromatic heterocycles. The molecule has 1 saturated heterocycles. The molecule has 98 valence electrons. The maximum Gasteiger partial charge on any atom is 0.317 e. The molecule has 0 radical (unpaired) electrons. The van der Waals surface area contributed by atoms with Crippen LogP contribution in [0.5, 0.6) is 0 Å². The fourth-order valence-corrected chi connectivity index (χ4v) is 1.95. The minimum Gasteiger partial charge on any atom is -0.356 e. The van der Waals surface area contributed by atoms with Gasteiger partial charge < -0.3 is 15.5 Å². The number of hydrogen-bond donors (Lipinski definition) is 2. The van der Waals surface area contributed by atoms with Crippen molar-refractivity contribution in [2.45, 2.75) is 39.0 Å². The van der Waals surface area contributed by atoms with Crippen molar-refractivity contribution in [2.75, 3.05) is 26.2 Å². The summed E-state index contributed by atoms with van der Waals surface area (Å²) < 4.78 is 0. The fraction of sp³-hybridized carbons (Fsp3) is 0.833. The molecule has 2 N–H and O–H groups in total. The summed E-state index contributed by atoms with van der Waals surface area (Å²) in [5, 5.41) is 5.50. The number of nitrogens with one attached hydrogen (secondary N) is 2. The van der Waals surface area contributed by atoms with E-state index in [0.717, 1.165) is 25.9 Å². The van der Waals surface area contributed by atoms with Gasteiger partial charge in [-0.1, -0.05) is 12.8 Å². The number of hydrogen-bond acceptors (Lipinski definition) is 2. The minimum atomic E-state index is -0.0313. The summed E-state index contributed by atoms with van der Waals surface area (Å²) in [7, 11) is 0. The minimum absolute atomic E-state index is 0.0105. The van der Waals surface area contributed by atoms with Crippen molar-refractivity contribution in [1.82, 2.24) is 15.5 Å². The summed E-state index contributed by atoms with van der Waals surface area (Å²) in [6, 6.07) is -0.0313. The third-order valence-electron chi connectivity index (χ3n) is 2.90. The number of likely N-dealkylation sites (tertiary alicyclic amines) is 1. The molecule has 0 aliphatic carbocycles. The number of amides is 3. The van der Waals surface area contributed by atoms with Crippen molar-refractivity contribution >= 4 is 11.9 Å². The molecular formula is C12H23N3O2. The smallest absolute Gasteiger partial charge is 0.317 e. The Morgan fingerprint density at radius 2 is 1.71 bits per heavy atom. The summed E-state index contributed by atoms with van der Waals surface area (Å²) in [6.45, 7) is 4.62.